The number of anilines is 2. The lowest BCUT2D eigenvalue weighted by molar-refractivity contribution is 0.600. The van der Waals surface area contributed by atoms with Crippen LogP contribution in [0.4, 0.5) is 11.4 Å². The lowest BCUT2D eigenvalue weighted by Gasteiger charge is -2.13. The molecule has 0 spiro atoms. The number of nitrogens with one attached hydrogen (secondary N) is 1. The molecule has 1 aromatic carbocycles. The summed E-state index contributed by atoms with van der Waals surface area (Å²) >= 11 is 0. The zero-order valence-corrected chi connectivity index (χ0v) is 12.8. The highest BCUT2D eigenvalue weighted by Crippen LogP contribution is 2.19. The molecule has 3 N–H and O–H groups in total. The first kappa shape index (κ1) is 15.3. The van der Waals surface area contributed by atoms with Crippen molar-refractivity contribution in [1.82, 2.24) is 4.98 Å². The van der Waals surface area contributed by atoms with Crippen LogP contribution in [0.15, 0.2) is 47.5 Å². The van der Waals surface area contributed by atoms with Crippen molar-refractivity contribution in [2.45, 2.75) is 11.4 Å². The predicted octanol–water partition coefficient (Wildman–Crippen LogP) is 1.41. The zero-order chi connectivity index (χ0) is 15.5. The first-order valence-electron chi connectivity index (χ1n) is 6.37. The van der Waals surface area contributed by atoms with Crippen molar-refractivity contribution >= 4 is 21.4 Å². The van der Waals surface area contributed by atoms with Crippen molar-refractivity contribution in [3.8, 4) is 0 Å². The van der Waals surface area contributed by atoms with Crippen molar-refractivity contribution in [3.05, 3.63) is 48.3 Å². The van der Waals surface area contributed by atoms with Gasteiger partial charge in [-0.2, -0.15) is 0 Å². The summed E-state index contributed by atoms with van der Waals surface area (Å²) < 4.78 is 27.0. The number of nitrogens with two attached hydrogens (primary N) is 1. The summed E-state index contributed by atoms with van der Waals surface area (Å²) in [5.74, 6) is 0. The van der Waals surface area contributed by atoms with Crippen molar-refractivity contribution in [3.63, 3.8) is 0 Å². The molecule has 2 aromatic rings. The summed E-state index contributed by atoms with van der Waals surface area (Å²) in [5, 5.41) is 0. The molecule has 0 aliphatic rings. The van der Waals surface area contributed by atoms with Crippen LogP contribution in [0.3, 0.4) is 0 Å². The molecule has 0 amide bonds. The fourth-order valence-corrected chi connectivity index (χ4v) is 2.74. The molecule has 0 radical (unpaired) electrons. The smallest absolute Gasteiger partial charge is 0.263 e. The molecule has 0 bridgehead atoms. The molecular weight excluding hydrogens is 288 g/mol. The van der Waals surface area contributed by atoms with Gasteiger partial charge >= 0.3 is 0 Å². The van der Waals surface area contributed by atoms with E-state index in [4.69, 9.17) is 5.73 Å². The summed E-state index contributed by atoms with van der Waals surface area (Å²) in [4.78, 5) is 6.04. The third-order valence-corrected chi connectivity index (χ3v) is 4.32. The van der Waals surface area contributed by atoms with Gasteiger partial charge in [0, 0.05) is 38.2 Å². The highest BCUT2D eigenvalue weighted by Gasteiger charge is 2.14. The Balaban J connectivity index is 2.19. The van der Waals surface area contributed by atoms with E-state index in [0.29, 0.717) is 11.4 Å². The molecule has 1 heterocycles. The summed E-state index contributed by atoms with van der Waals surface area (Å²) in [7, 11) is 0.203. The van der Waals surface area contributed by atoms with E-state index in [0.717, 1.165) is 5.69 Å². The van der Waals surface area contributed by atoms with Gasteiger partial charge in [0.2, 0.25) is 0 Å². The van der Waals surface area contributed by atoms with E-state index in [9.17, 15) is 8.42 Å². The Morgan fingerprint density at radius 2 is 1.81 bits per heavy atom. The molecule has 2 rings (SSSR count). The number of aromatic nitrogens is 1. The van der Waals surface area contributed by atoms with Crippen LogP contribution in [0, 0.1) is 0 Å². The number of hydrogen-bond donors (Lipinski definition) is 2. The lowest BCUT2D eigenvalue weighted by atomic mass is 10.3. The van der Waals surface area contributed by atoms with Gasteiger partial charge in [-0.15, -0.1) is 0 Å². The van der Waals surface area contributed by atoms with E-state index in [1.54, 1.807) is 18.2 Å². The Bertz CT molecular complexity index is 695. The van der Waals surface area contributed by atoms with Gasteiger partial charge in [-0.05, 0) is 36.4 Å². The van der Waals surface area contributed by atoms with Crippen molar-refractivity contribution in [1.29, 1.82) is 0 Å². The van der Waals surface area contributed by atoms with Crippen LogP contribution in [0.25, 0.3) is 0 Å². The number of rotatable bonds is 5. The van der Waals surface area contributed by atoms with E-state index in [1.165, 1.54) is 12.3 Å². The largest absolute Gasteiger partial charge is 0.378 e. The summed E-state index contributed by atoms with van der Waals surface area (Å²) in [6, 6.07) is 10.2. The first-order chi connectivity index (χ1) is 9.92. The van der Waals surface area contributed by atoms with Crippen LogP contribution in [0.2, 0.25) is 0 Å². The maximum atomic E-state index is 12.2. The van der Waals surface area contributed by atoms with E-state index in [-0.39, 0.29) is 11.4 Å². The average Bonchev–Trinajstić information content (AvgIpc) is 2.47. The van der Waals surface area contributed by atoms with E-state index in [2.05, 4.69) is 9.71 Å². The summed E-state index contributed by atoms with van der Waals surface area (Å²) in [5.41, 5.74) is 7.58. The predicted molar refractivity (Wildman–Crippen MR) is 83.7 cm³/mol. The Morgan fingerprint density at radius 1 is 1.14 bits per heavy atom. The van der Waals surface area contributed by atoms with E-state index in [1.807, 2.05) is 31.1 Å². The van der Waals surface area contributed by atoms with Crippen molar-refractivity contribution in [2.75, 3.05) is 23.7 Å². The van der Waals surface area contributed by atoms with Gasteiger partial charge in [0.05, 0.1) is 5.69 Å². The van der Waals surface area contributed by atoms with Gasteiger partial charge in [0.1, 0.15) is 4.90 Å². The first-order valence-corrected chi connectivity index (χ1v) is 7.86. The van der Waals surface area contributed by atoms with Gasteiger partial charge in [-0.1, -0.05) is 0 Å². The van der Waals surface area contributed by atoms with Gasteiger partial charge in [-0.25, -0.2) is 8.42 Å². The Kier molecular flexibility index (Phi) is 4.44. The highest BCUT2D eigenvalue weighted by molar-refractivity contribution is 7.92. The molecular formula is C14H18N4O2S. The minimum atomic E-state index is -3.64. The summed E-state index contributed by atoms with van der Waals surface area (Å²) in [6.45, 7) is 0.278. The Morgan fingerprint density at radius 3 is 2.29 bits per heavy atom. The minimum Gasteiger partial charge on any atom is -0.378 e. The SMILES string of the molecule is CN(C)c1ccc(NS(=O)(=O)c2ccc(CN)nc2)cc1. The molecule has 0 aliphatic heterocycles. The fraction of sp³-hybridized carbons (Fsp3) is 0.214. The number of pyridine rings is 1. The van der Waals surface area contributed by atoms with E-state index < -0.39 is 10.0 Å². The zero-order valence-electron chi connectivity index (χ0n) is 11.9. The molecule has 0 atom stereocenters. The average molecular weight is 306 g/mol. The minimum absolute atomic E-state index is 0.108. The van der Waals surface area contributed by atoms with Crippen LogP contribution >= 0.6 is 0 Å². The molecule has 1 aromatic heterocycles. The monoisotopic (exact) mass is 306 g/mol. The number of nitrogens with zero attached hydrogens (tertiary/aromatic N) is 2. The van der Waals surface area contributed by atoms with Gasteiger partial charge in [-0.3, -0.25) is 9.71 Å². The second-order valence-electron chi connectivity index (χ2n) is 4.74. The second-order valence-corrected chi connectivity index (χ2v) is 6.42. The van der Waals surface area contributed by atoms with Crippen LogP contribution in [0.5, 0.6) is 0 Å². The quantitative estimate of drug-likeness (QED) is 0.872. The summed E-state index contributed by atoms with van der Waals surface area (Å²) in [6.07, 6.45) is 1.30. The topological polar surface area (TPSA) is 88.3 Å². The number of benzene rings is 1. The number of sulfonamides is 1. The van der Waals surface area contributed by atoms with E-state index >= 15 is 0 Å². The van der Waals surface area contributed by atoms with Crippen LogP contribution < -0.4 is 15.4 Å². The Hall–Kier alpha value is -2.12. The molecule has 0 saturated heterocycles. The molecule has 7 heteroatoms. The maximum Gasteiger partial charge on any atom is 0.263 e. The molecule has 0 fully saturated rings. The molecule has 6 nitrogen and oxygen atoms in total. The second kappa shape index (κ2) is 6.11. The Labute approximate surface area is 124 Å². The van der Waals surface area contributed by atoms with Gasteiger partial charge in [0.15, 0.2) is 0 Å². The third-order valence-electron chi connectivity index (χ3n) is 2.95. The molecule has 21 heavy (non-hydrogen) atoms. The molecule has 0 aliphatic carbocycles. The lowest BCUT2D eigenvalue weighted by Crippen LogP contribution is -2.14. The number of hydrogen-bond acceptors (Lipinski definition) is 5. The van der Waals surface area contributed by atoms with Gasteiger partial charge < -0.3 is 10.6 Å². The highest BCUT2D eigenvalue weighted by atomic mass is 32.2. The van der Waals surface area contributed by atoms with Crippen LogP contribution in [-0.2, 0) is 16.6 Å². The van der Waals surface area contributed by atoms with Crippen molar-refractivity contribution < 1.29 is 8.42 Å². The van der Waals surface area contributed by atoms with Gasteiger partial charge in [0.25, 0.3) is 10.0 Å². The van der Waals surface area contributed by atoms with Crippen LogP contribution in [-0.4, -0.2) is 27.5 Å². The molecule has 0 unspecified atom stereocenters. The standard InChI is InChI=1S/C14H18N4O2S/c1-18(2)13-6-3-11(4-7-13)17-21(19,20)14-8-5-12(9-15)16-10-14/h3-8,10,17H,9,15H2,1-2H3. The van der Waals surface area contributed by atoms with Crippen LogP contribution in [0.1, 0.15) is 5.69 Å². The van der Waals surface area contributed by atoms with Crippen molar-refractivity contribution in [2.24, 2.45) is 5.73 Å². The normalized spacial score (nSPS) is 11.2. The molecule has 0 saturated carbocycles. The molecule has 112 valence electrons. The third kappa shape index (κ3) is 3.71. The maximum absolute atomic E-state index is 12.2. The fourth-order valence-electron chi connectivity index (χ4n) is 1.73.